The zero-order chi connectivity index (χ0) is 20.3. The van der Waals surface area contributed by atoms with Crippen molar-refractivity contribution in [3.05, 3.63) is 41.8 Å². The lowest BCUT2D eigenvalue weighted by molar-refractivity contribution is -0.130. The highest BCUT2D eigenvalue weighted by Crippen LogP contribution is 2.45. The zero-order valence-corrected chi connectivity index (χ0v) is 16.3. The number of likely N-dealkylation sites (tertiary alicyclic amines) is 1. The summed E-state index contributed by atoms with van der Waals surface area (Å²) in [6.45, 7) is 3.62. The molecule has 2 saturated heterocycles. The van der Waals surface area contributed by atoms with E-state index in [1.807, 2.05) is 18.0 Å². The second-order valence-corrected chi connectivity index (χ2v) is 7.91. The number of rotatable bonds is 2. The topological polar surface area (TPSA) is 93.2 Å². The molecule has 2 fully saturated rings. The molecule has 3 atom stereocenters. The Morgan fingerprint density at radius 2 is 2.07 bits per heavy atom. The molecule has 0 unspecified atom stereocenters. The predicted octanol–water partition coefficient (Wildman–Crippen LogP) is 1.74. The van der Waals surface area contributed by atoms with Crippen LogP contribution in [-0.4, -0.2) is 50.2 Å². The number of aryl methyl sites for hydroxylation is 1. The first-order chi connectivity index (χ1) is 13.9. The number of anilines is 2. The lowest BCUT2D eigenvalue weighted by Crippen LogP contribution is -2.34. The lowest BCUT2D eigenvalue weighted by Gasteiger charge is -2.29. The quantitative estimate of drug-likeness (QED) is 0.711. The van der Waals surface area contributed by atoms with E-state index in [-0.39, 0.29) is 29.6 Å². The first-order valence-corrected chi connectivity index (χ1v) is 9.65. The molecule has 0 saturated carbocycles. The number of hydrogen-bond donors (Lipinski definition) is 1. The van der Waals surface area contributed by atoms with Crippen LogP contribution in [0.3, 0.4) is 0 Å². The third-order valence-electron chi connectivity index (χ3n) is 6.15. The number of benzene rings is 1. The number of amides is 1. The maximum absolute atomic E-state index is 13.9. The Balaban J connectivity index is 1.49. The summed E-state index contributed by atoms with van der Waals surface area (Å²) in [5, 5.41) is 4.94. The summed E-state index contributed by atoms with van der Waals surface area (Å²) >= 11 is 0. The van der Waals surface area contributed by atoms with Crippen molar-refractivity contribution in [1.29, 1.82) is 0 Å². The van der Waals surface area contributed by atoms with Gasteiger partial charge in [-0.15, -0.1) is 0 Å². The van der Waals surface area contributed by atoms with Gasteiger partial charge in [0.15, 0.2) is 5.65 Å². The molecule has 2 aliphatic heterocycles. The van der Waals surface area contributed by atoms with Crippen molar-refractivity contribution in [1.82, 2.24) is 24.6 Å². The first kappa shape index (κ1) is 17.8. The predicted molar refractivity (Wildman–Crippen MR) is 106 cm³/mol. The molecule has 5 rings (SSSR count). The van der Waals surface area contributed by atoms with Crippen molar-refractivity contribution in [2.45, 2.75) is 13.0 Å². The number of fused-ring (bicyclic) bond motifs is 2. The van der Waals surface area contributed by atoms with Crippen LogP contribution in [0.2, 0.25) is 0 Å². The van der Waals surface area contributed by atoms with Crippen LogP contribution in [-0.2, 0) is 11.8 Å². The van der Waals surface area contributed by atoms with Gasteiger partial charge in [-0.2, -0.15) is 15.1 Å². The van der Waals surface area contributed by atoms with Crippen molar-refractivity contribution in [3.8, 4) is 0 Å². The third-order valence-corrected chi connectivity index (χ3v) is 6.15. The van der Waals surface area contributed by atoms with E-state index in [0.29, 0.717) is 30.5 Å². The summed E-state index contributed by atoms with van der Waals surface area (Å²) in [7, 11) is 1.82. The molecular weight excluding hydrogens is 373 g/mol. The van der Waals surface area contributed by atoms with Crippen molar-refractivity contribution in [3.63, 3.8) is 0 Å². The lowest BCUT2D eigenvalue weighted by atomic mass is 9.89. The minimum Gasteiger partial charge on any atom is -0.383 e. The molecule has 150 valence electrons. The number of nitrogens with zero attached hydrogens (tertiary/aromatic N) is 6. The summed E-state index contributed by atoms with van der Waals surface area (Å²) in [4.78, 5) is 25.4. The van der Waals surface area contributed by atoms with Crippen LogP contribution in [0.25, 0.3) is 11.0 Å². The fourth-order valence-corrected chi connectivity index (χ4v) is 4.82. The standard InChI is InChI=1S/C20H22FN7O/c1-11(29)28-9-13-8-27(10-16(13)17(28)12-4-3-5-14(21)6-12)20-24-18(22)15-7-23-26(2)19(15)25-20/h3-7,13,16-17H,8-10H2,1-2H3,(H2,22,24,25)/t13-,16-,17+/m1/s1. The van der Waals surface area contributed by atoms with Crippen LogP contribution in [0, 0.1) is 17.7 Å². The molecule has 29 heavy (non-hydrogen) atoms. The average Bonchev–Trinajstić information content (AvgIpc) is 3.34. The van der Waals surface area contributed by atoms with Crippen LogP contribution in [0.4, 0.5) is 16.2 Å². The molecule has 2 N–H and O–H groups in total. The van der Waals surface area contributed by atoms with E-state index in [0.717, 1.165) is 17.5 Å². The minimum atomic E-state index is -0.290. The number of carbonyl (C=O) groups excluding carboxylic acids is 1. The summed E-state index contributed by atoms with van der Waals surface area (Å²) in [5.74, 6) is 1.13. The molecule has 0 spiro atoms. The molecule has 8 nitrogen and oxygen atoms in total. The van der Waals surface area contributed by atoms with Crippen molar-refractivity contribution < 1.29 is 9.18 Å². The first-order valence-electron chi connectivity index (χ1n) is 9.65. The second-order valence-electron chi connectivity index (χ2n) is 7.91. The summed E-state index contributed by atoms with van der Waals surface area (Å²) < 4.78 is 15.6. The van der Waals surface area contributed by atoms with Crippen LogP contribution in [0.1, 0.15) is 18.5 Å². The molecule has 9 heteroatoms. The van der Waals surface area contributed by atoms with Gasteiger partial charge in [0.05, 0.1) is 17.6 Å². The number of aromatic nitrogens is 4. The van der Waals surface area contributed by atoms with E-state index in [9.17, 15) is 9.18 Å². The fraction of sp³-hybridized carbons (Fsp3) is 0.400. The van der Waals surface area contributed by atoms with Gasteiger partial charge < -0.3 is 15.5 Å². The normalized spacial score (nSPS) is 23.8. The van der Waals surface area contributed by atoms with Gasteiger partial charge in [-0.3, -0.25) is 9.48 Å². The monoisotopic (exact) mass is 395 g/mol. The van der Waals surface area contributed by atoms with E-state index < -0.39 is 0 Å². The molecule has 3 aromatic rings. The SMILES string of the molecule is CC(=O)N1C[C@H]2CN(c3nc(N)c4cnn(C)c4n3)C[C@H]2[C@@H]1c1cccc(F)c1. The van der Waals surface area contributed by atoms with Gasteiger partial charge in [-0.1, -0.05) is 12.1 Å². The Bertz CT molecular complexity index is 1110. The maximum atomic E-state index is 13.9. The average molecular weight is 395 g/mol. The van der Waals surface area contributed by atoms with Gasteiger partial charge in [-0.25, -0.2) is 4.39 Å². The van der Waals surface area contributed by atoms with Crippen LogP contribution >= 0.6 is 0 Å². The molecular formula is C20H22FN7O. The Morgan fingerprint density at radius 3 is 2.83 bits per heavy atom. The maximum Gasteiger partial charge on any atom is 0.229 e. The molecule has 1 amide bonds. The zero-order valence-electron chi connectivity index (χ0n) is 16.3. The summed E-state index contributed by atoms with van der Waals surface area (Å²) in [6, 6.07) is 6.39. The van der Waals surface area contributed by atoms with Gasteiger partial charge >= 0.3 is 0 Å². The Morgan fingerprint density at radius 1 is 1.24 bits per heavy atom. The molecule has 0 radical (unpaired) electrons. The summed E-state index contributed by atoms with van der Waals surface area (Å²) in [6.07, 6.45) is 1.66. The highest BCUT2D eigenvalue weighted by molar-refractivity contribution is 5.86. The molecule has 4 heterocycles. The van der Waals surface area contributed by atoms with E-state index in [2.05, 4.69) is 20.0 Å². The number of nitrogens with two attached hydrogens (primary N) is 1. The van der Waals surface area contributed by atoms with Crippen LogP contribution in [0.15, 0.2) is 30.5 Å². The van der Waals surface area contributed by atoms with Crippen molar-refractivity contribution in [2.24, 2.45) is 18.9 Å². The molecule has 2 aromatic heterocycles. The van der Waals surface area contributed by atoms with Crippen LogP contribution < -0.4 is 10.6 Å². The van der Waals surface area contributed by atoms with Gasteiger partial charge in [0, 0.05) is 45.4 Å². The van der Waals surface area contributed by atoms with Gasteiger partial charge in [-0.05, 0) is 17.7 Å². The van der Waals surface area contributed by atoms with E-state index in [1.54, 1.807) is 23.9 Å². The molecule has 1 aromatic carbocycles. The second kappa shape index (κ2) is 6.40. The van der Waals surface area contributed by atoms with Gasteiger partial charge in [0.25, 0.3) is 0 Å². The molecule has 0 aliphatic carbocycles. The van der Waals surface area contributed by atoms with E-state index in [4.69, 9.17) is 5.73 Å². The Kier molecular flexibility index (Phi) is 3.94. The van der Waals surface area contributed by atoms with E-state index >= 15 is 0 Å². The van der Waals surface area contributed by atoms with Gasteiger partial charge in [0.2, 0.25) is 11.9 Å². The third kappa shape index (κ3) is 2.80. The summed E-state index contributed by atoms with van der Waals surface area (Å²) in [5.41, 5.74) is 7.65. The van der Waals surface area contributed by atoms with E-state index in [1.165, 1.54) is 12.1 Å². The number of halogens is 1. The largest absolute Gasteiger partial charge is 0.383 e. The minimum absolute atomic E-state index is 0.0111. The Labute approximate surface area is 167 Å². The Hall–Kier alpha value is -3.23. The molecule has 0 bridgehead atoms. The smallest absolute Gasteiger partial charge is 0.229 e. The number of hydrogen-bond acceptors (Lipinski definition) is 6. The fourth-order valence-electron chi connectivity index (χ4n) is 4.82. The molecule has 2 aliphatic rings. The van der Waals surface area contributed by atoms with Gasteiger partial charge in [0.1, 0.15) is 11.6 Å². The van der Waals surface area contributed by atoms with Crippen molar-refractivity contribution in [2.75, 3.05) is 30.3 Å². The highest BCUT2D eigenvalue weighted by atomic mass is 19.1. The van der Waals surface area contributed by atoms with Crippen molar-refractivity contribution >= 4 is 28.7 Å². The highest BCUT2D eigenvalue weighted by Gasteiger charge is 2.49. The number of carbonyl (C=O) groups is 1. The van der Waals surface area contributed by atoms with Crippen LogP contribution in [0.5, 0.6) is 0 Å². The number of nitrogen functional groups attached to an aromatic ring is 1.